The summed E-state index contributed by atoms with van der Waals surface area (Å²) in [5.74, 6) is -3.54. The molecule has 0 spiro atoms. The number of hydrogen-bond acceptors (Lipinski definition) is 6. The number of nitrogens with two attached hydrogens (primary N) is 1. The first-order valence-electron chi connectivity index (χ1n) is 10.1. The van der Waals surface area contributed by atoms with E-state index in [1.54, 1.807) is 69.4 Å². The first kappa shape index (κ1) is 19.3. The molecule has 8 nitrogen and oxygen atoms in total. The van der Waals surface area contributed by atoms with E-state index in [1.807, 2.05) is 0 Å². The van der Waals surface area contributed by atoms with Crippen LogP contribution in [-0.2, 0) is 19.2 Å². The van der Waals surface area contributed by atoms with Crippen molar-refractivity contribution in [1.29, 1.82) is 0 Å². The zero-order chi connectivity index (χ0) is 22.3. The summed E-state index contributed by atoms with van der Waals surface area (Å²) >= 11 is 0. The van der Waals surface area contributed by atoms with Crippen LogP contribution in [0.5, 0.6) is 0 Å². The van der Waals surface area contributed by atoms with Gasteiger partial charge in [0.25, 0.3) is 0 Å². The molecule has 0 radical (unpaired) electrons. The van der Waals surface area contributed by atoms with Gasteiger partial charge in [-0.25, -0.2) is 9.80 Å². The molecule has 4 unspecified atom stereocenters. The maximum Gasteiger partial charge on any atom is 0.241 e. The van der Waals surface area contributed by atoms with Crippen LogP contribution in [0, 0.1) is 22.7 Å². The van der Waals surface area contributed by atoms with Gasteiger partial charge in [0, 0.05) is 18.4 Å². The molecule has 3 aliphatic rings. The molecule has 31 heavy (non-hydrogen) atoms. The standard InChI is InChI=1S/C23H22N4O4/c1-22-16(18(28)26(20(22)30)14-8-4-12(24)5-9-14)17-19(29)27(21(31)23(17,22)2)15-10-6-13(25-3)7-11-15/h4-11,16-17,25H,24H2,1-3H3. The number of hydrogen-bond donors (Lipinski definition) is 2. The van der Waals surface area contributed by atoms with Crippen molar-refractivity contribution in [2.75, 3.05) is 27.9 Å². The lowest BCUT2D eigenvalue weighted by Gasteiger charge is -2.54. The molecule has 8 heteroatoms. The van der Waals surface area contributed by atoms with Gasteiger partial charge < -0.3 is 11.1 Å². The highest BCUT2D eigenvalue weighted by Gasteiger charge is 2.86. The summed E-state index contributed by atoms with van der Waals surface area (Å²) < 4.78 is 0. The zero-order valence-corrected chi connectivity index (χ0v) is 17.4. The van der Waals surface area contributed by atoms with Gasteiger partial charge in [-0.3, -0.25) is 19.2 Å². The van der Waals surface area contributed by atoms with E-state index in [0.717, 1.165) is 15.5 Å². The van der Waals surface area contributed by atoms with Crippen molar-refractivity contribution in [2.24, 2.45) is 22.7 Å². The highest BCUT2D eigenvalue weighted by atomic mass is 16.2. The summed E-state index contributed by atoms with van der Waals surface area (Å²) in [6.45, 7) is 3.26. The molecule has 2 aromatic rings. The molecule has 5 rings (SSSR count). The minimum Gasteiger partial charge on any atom is -0.399 e. The average molecular weight is 418 g/mol. The summed E-state index contributed by atoms with van der Waals surface area (Å²) in [7, 11) is 1.77. The quantitative estimate of drug-likeness (QED) is 0.582. The number of benzene rings is 2. The highest BCUT2D eigenvalue weighted by molar-refractivity contribution is 6.34. The number of nitrogens with one attached hydrogen (secondary N) is 1. The van der Waals surface area contributed by atoms with Gasteiger partial charge in [-0.05, 0) is 62.4 Å². The Morgan fingerprint density at radius 2 is 1.13 bits per heavy atom. The van der Waals surface area contributed by atoms with E-state index in [1.165, 1.54) is 0 Å². The lowest BCUT2D eigenvalue weighted by atomic mass is 9.41. The van der Waals surface area contributed by atoms with E-state index >= 15 is 0 Å². The van der Waals surface area contributed by atoms with E-state index in [-0.39, 0.29) is 0 Å². The van der Waals surface area contributed by atoms with Crippen LogP contribution in [0.4, 0.5) is 22.7 Å². The second-order valence-corrected chi connectivity index (χ2v) is 8.71. The molecular formula is C23H22N4O4. The minimum absolute atomic E-state index is 0.390. The fourth-order valence-electron chi connectivity index (χ4n) is 5.54. The molecule has 0 aromatic heterocycles. The van der Waals surface area contributed by atoms with Gasteiger partial charge in [-0.2, -0.15) is 0 Å². The topological polar surface area (TPSA) is 113 Å². The lowest BCUT2D eigenvalue weighted by molar-refractivity contribution is -0.182. The number of amides is 4. The van der Waals surface area contributed by atoms with Crippen LogP contribution >= 0.6 is 0 Å². The van der Waals surface area contributed by atoms with Crippen LogP contribution in [-0.4, -0.2) is 30.7 Å². The van der Waals surface area contributed by atoms with Crippen LogP contribution in [0.25, 0.3) is 0 Å². The molecule has 2 aliphatic heterocycles. The van der Waals surface area contributed by atoms with Crippen LogP contribution in [0.1, 0.15) is 13.8 Å². The summed E-state index contributed by atoms with van der Waals surface area (Å²) in [5, 5.41) is 2.99. The molecule has 3 fully saturated rings. The third kappa shape index (κ3) is 2.04. The maximum absolute atomic E-state index is 13.5. The van der Waals surface area contributed by atoms with Gasteiger partial charge in [0.05, 0.1) is 34.0 Å². The molecule has 4 amide bonds. The fraction of sp³-hybridized carbons (Fsp3) is 0.304. The Morgan fingerprint density at radius 3 is 1.52 bits per heavy atom. The molecule has 158 valence electrons. The number of nitrogen functional groups attached to an aromatic ring is 1. The van der Waals surface area contributed by atoms with Gasteiger partial charge >= 0.3 is 0 Å². The smallest absolute Gasteiger partial charge is 0.241 e. The predicted octanol–water partition coefficient (Wildman–Crippen LogP) is 2.02. The summed E-state index contributed by atoms with van der Waals surface area (Å²) in [5.41, 5.74) is 5.31. The van der Waals surface area contributed by atoms with Crippen LogP contribution in [0.15, 0.2) is 48.5 Å². The molecule has 2 heterocycles. The van der Waals surface area contributed by atoms with Gasteiger partial charge in [0.2, 0.25) is 23.6 Å². The van der Waals surface area contributed by atoms with E-state index in [9.17, 15) is 19.2 Å². The third-order valence-electron chi connectivity index (χ3n) is 7.49. The zero-order valence-electron chi connectivity index (χ0n) is 17.4. The van der Waals surface area contributed by atoms with E-state index in [4.69, 9.17) is 5.73 Å². The monoisotopic (exact) mass is 418 g/mol. The molecule has 2 aromatic carbocycles. The van der Waals surface area contributed by atoms with Crippen molar-refractivity contribution < 1.29 is 19.2 Å². The Kier molecular flexibility index (Phi) is 3.69. The summed E-state index contributed by atoms with van der Waals surface area (Å²) in [6.07, 6.45) is 0. The van der Waals surface area contributed by atoms with Crippen molar-refractivity contribution in [2.45, 2.75) is 13.8 Å². The van der Waals surface area contributed by atoms with E-state index in [0.29, 0.717) is 17.1 Å². The van der Waals surface area contributed by atoms with Crippen LogP contribution in [0.3, 0.4) is 0 Å². The first-order valence-corrected chi connectivity index (χ1v) is 10.1. The van der Waals surface area contributed by atoms with Crippen LogP contribution < -0.4 is 20.9 Å². The minimum atomic E-state index is -1.29. The Morgan fingerprint density at radius 1 is 0.742 bits per heavy atom. The average Bonchev–Trinajstić information content (AvgIpc) is 3.04. The second-order valence-electron chi connectivity index (χ2n) is 8.71. The Balaban J connectivity index is 1.56. The molecule has 4 atom stereocenters. The summed E-state index contributed by atoms with van der Waals surface area (Å²) in [6, 6.07) is 13.3. The Hall–Kier alpha value is -3.68. The number of imide groups is 2. The van der Waals surface area contributed by atoms with Crippen molar-refractivity contribution in [1.82, 2.24) is 0 Å². The highest BCUT2D eigenvalue weighted by Crippen LogP contribution is 2.72. The molecule has 2 saturated heterocycles. The van der Waals surface area contributed by atoms with E-state index in [2.05, 4.69) is 5.32 Å². The molecule has 0 bridgehead atoms. The number of carbonyl (C=O) groups excluding carboxylic acids is 4. The van der Waals surface area contributed by atoms with Crippen molar-refractivity contribution >= 4 is 46.4 Å². The molecular weight excluding hydrogens is 396 g/mol. The van der Waals surface area contributed by atoms with Gasteiger partial charge in [0.1, 0.15) is 0 Å². The second kappa shape index (κ2) is 5.94. The van der Waals surface area contributed by atoms with Crippen LogP contribution in [0.2, 0.25) is 0 Å². The number of rotatable bonds is 3. The van der Waals surface area contributed by atoms with Crippen molar-refractivity contribution in [3.8, 4) is 0 Å². The van der Waals surface area contributed by atoms with Crippen molar-refractivity contribution in [3.63, 3.8) is 0 Å². The number of carbonyl (C=O) groups is 4. The molecule has 3 N–H and O–H groups in total. The SMILES string of the molecule is CNc1ccc(N2C(=O)C3C4C(=O)N(c5ccc(N)cc5)C(=O)C4(C)C3(C)C2=O)cc1. The number of anilines is 4. The third-order valence-corrected chi connectivity index (χ3v) is 7.49. The first-order chi connectivity index (χ1) is 14.7. The van der Waals surface area contributed by atoms with Crippen molar-refractivity contribution in [3.05, 3.63) is 48.5 Å². The Bertz CT molecular complexity index is 1160. The van der Waals surface area contributed by atoms with Gasteiger partial charge in [-0.15, -0.1) is 0 Å². The maximum atomic E-state index is 13.5. The predicted molar refractivity (Wildman–Crippen MR) is 115 cm³/mol. The largest absolute Gasteiger partial charge is 0.399 e. The molecule has 1 saturated carbocycles. The number of nitrogens with zero attached hydrogens (tertiary/aromatic N) is 2. The Labute approximate surface area is 179 Å². The summed E-state index contributed by atoms with van der Waals surface area (Å²) in [4.78, 5) is 55.9. The fourth-order valence-corrected chi connectivity index (χ4v) is 5.54. The van der Waals surface area contributed by atoms with Gasteiger partial charge in [-0.1, -0.05) is 0 Å². The number of fused-ring (bicyclic) bond motifs is 4. The molecule has 1 aliphatic carbocycles. The lowest BCUT2D eigenvalue weighted by Crippen LogP contribution is -2.66. The normalized spacial score (nSPS) is 31.6. The van der Waals surface area contributed by atoms with Gasteiger partial charge in [0.15, 0.2) is 0 Å². The van der Waals surface area contributed by atoms with E-state index < -0.39 is 46.3 Å².